The first-order valence-electron chi connectivity index (χ1n) is 19.1. The Bertz CT molecular complexity index is 3040. The second kappa shape index (κ2) is 12.3. The molecule has 260 valence electrons. The topological polar surface area (TPSA) is 75.6 Å². The van der Waals surface area contributed by atoms with Gasteiger partial charge in [-0.3, -0.25) is 0 Å². The van der Waals surface area contributed by atoms with E-state index in [9.17, 15) is 5.26 Å². The molecule has 0 N–H and O–H groups in total. The van der Waals surface area contributed by atoms with Crippen molar-refractivity contribution in [3.8, 4) is 62.5 Å². The molecule has 0 amide bonds. The molecule has 9 aromatic rings. The quantitative estimate of drug-likeness (QED) is 0.182. The maximum Gasteiger partial charge on any atom is 0.164 e. The van der Waals surface area contributed by atoms with Crippen LogP contribution in [0.3, 0.4) is 0 Å². The molecule has 1 spiro atoms. The number of furan rings is 1. The van der Waals surface area contributed by atoms with Crippen molar-refractivity contribution in [1.82, 2.24) is 15.0 Å². The average Bonchev–Trinajstić information content (AvgIpc) is 3.75. The summed E-state index contributed by atoms with van der Waals surface area (Å²) in [4.78, 5) is 15.2. The van der Waals surface area contributed by atoms with Crippen LogP contribution >= 0.6 is 0 Å². The molecule has 2 aliphatic carbocycles. The SMILES string of the molecule is N#Cc1ccc2c(c1)C1(CCCCC1)c1cc(-c3ccc(-c4nc(-c5ccc6ccccc6c5)nc(-c5ccc6c(c5)oc5ccccc56)n4)cc3)ccc1-2. The zero-order valence-corrected chi connectivity index (χ0v) is 30.1. The first-order chi connectivity index (χ1) is 27.1. The third kappa shape index (κ3) is 5.10. The van der Waals surface area contributed by atoms with Crippen molar-refractivity contribution in [2.75, 3.05) is 0 Å². The Morgan fingerprint density at radius 1 is 0.473 bits per heavy atom. The van der Waals surface area contributed by atoms with E-state index < -0.39 is 0 Å². The van der Waals surface area contributed by atoms with Crippen LogP contribution in [0.15, 0.2) is 150 Å². The number of hydrogen-bond donors (Lipinski definition) is 0. The fourth-order valence-corrected chi connectivity index (χ4v) is 9.21. The first-order valence-corrected chi connectivity index (χ1v) is 19.1. The van der Waals surface area contributed by atoms with E-state index in [1.54, 1.807) is 0 Å². The van der Waals surface area contributed by atoms with E-state index in [0.717, 1.165) is 68.0 Å². The van der Waals surface area contributed by atoms with E-state index in [0.29, 0.717) is 17.5 Å². The van der Waals surface area contributed by atoms with Gasteiger partial charge in [0.15, 0.2) is 17.5 Å². The highest BCUT2D eigenvalue weighted by Crippen LogP contribution is 2.56. The van der Waals surface area contributed by atoms with Crippen molar-refractivity contribution in [2.45, 2.75) is 37.5 Å². The van der Waals surface area contributed by atoms with Crippen molar-refractivity contribution in [3.63, 3.8) is 0 Å². The number of nitriles is 1. The molecule has 1 saturated carbocycles. The lowest BCUT2D eigenvalue weighted by atomic mass is 9.67. The Balaban J connectivity index is 1.00. The molecule has 7 aromatic carbocycles. The van der Waals surface area contributed by atoms with Crippen LogP contribution < -0.4 is 0 Å². The molecule has 0 atom stereocenters. The predicted octanol–water partition coefficient (Wildman–Crippen LogP) is 12.7. The zero-order chi connectivity index (χ0) is 36.5. The van der Waals surface area contributed by atoms with Crippen LogP contribution in [0.25, 0.3) is 89.1 Å². The molecule has 0 unspecified atom stereocenters. The summed E-state index contributed by atoms with van der Waals surface area (Å²) in [6.07, 6.45) is 5.91. The lowest BCUT2D eigenvalue weighted by Crippen LogP contribution is -2.28. The van der Waals surface area contributed by atoms with Crippen molar-refractivity contribution < 1.29 is 4.42 Å². The van der Waals surface area contributed by atoms with E-state index in [2.05, 4.69) is 121 Å². The molecular formula is C50H34N4O. The summed E-state index contributed by atoms with van der Waals surface area (Å²) in [5, 5.41) is 14.2. The summed E-state index contributed by atoms with van der Waals surface area (Å²) in [5.74, 6) is 1.83. The molecule has 2 aromatic heterocycles. The van der Waals surface area contributed by atoms with Crippen molar-refractivity contribution in [2.24, 2.45) is 0 Å². The van der Waals surface area contributed by atoms with E-state index in [4.69, 9.17) is 19.4 Å². The molecule has 5 nitrogen and oxygen atoms in total. The monoisotopic (exact) mass is 706 g/mol. The third-order valence-electron chi connectivity index (χ3n) is 12.0. The van der Waals surface area contributed by atoms with Gasteiger partial charge in [0.2, 0.25) is 0 Å². The fourth-order valence-electron chi connectivity index (χ4n) is 9.21. The number of benzene rings is 7. The van der Waals surface area contributed by atoms with E-state index in [-0.39, 0.29) is 5.41 Å². The van der Waals surface area contributed by atoms with E-state index >= 15 is 0 Å². The molecule has 55 heavy (non-hydrogen) atoms. The molecule has 1 fully saturated rings. The second-order valence-corrected chi connectivity index (χ2v) is 15.0. The van der Waals surface area contributed by atoms with Gasteiger partial charge in [0.25, 0.3) is 0 Å². The van der Waals surface area contributed by atoms with E-state index in [1.807, 2.05) is 30.3 Å². The zero-order valence-electron chi connectivity index (χ0n) is 30.1. The lowest BCUT2D eigenvalue weighted by Gasteiger charge is -2.36. The van der Waals surface area contributed by atoms with Crippen LogP contribution in [0.1, 0.15) is 48.8 Å². The van der Waals surface area contributed by atoms with Gasteiger partial charge in [-0.15, -0.1) is 0 Å². The molecule has 2 heterocycles. The van der Waals surface area contributed by atoms with Gasteiger partial charge >= 0.3 is 0 Å². The lowest BCUT2D eigenvalue weighted by molar-refractivity contribution is 0.353. The fraction of sp³-hybridized carbons (Fsp3) is 0.120. The van der Waals surface area contributed by atoms with Gasteiger partial charge in [0.1, 0.15) is 11.2 Å². The molecule has 2 aliphatic rings. The Labute approximate surface area is 318 Å². The van der Waals surface area contributed by atoms with Crippen molar-refractivity contribution in [3.05, 3.63) is 162 Å². The predicted molar refractivity (Wildman–Crippen MR) is 220 cm³/mol. The summed E-state index contributed by atoms with van der Waals surface area (Å²) in [7, 11) is 0. The summed E-state index contributed by atoms with van der Waals surface area (Å²) in [6, 6.07) is 53.2. The van der Waals surface area contributed by atoms with Gasteiger partial charge < -0.3 is 4.42 Å². The number of nitrogens with zero attached hydrogens (tertiary/aromatic N) is 4. The normalized spacial score (nSPS) is 14.3. The number of hydrogen-bond acceptors (Lipinski definition) is 5. The highest BCUT2D eigenvalue weighted by atomic mass is 16.3. The van der Waals surface area contributed by atoms with Gasteiger partial charge in [-0.2, -0.15) is 5.26 Å². The molecule has 0 radical (unpaired) electrons. The number of fused-ring (bicyclic) bond motifs is 9. The Morgan fingerprint density at radius 3 is 1.87 bits per heavy atom. The minimum atomic E-state index is -0.0302. The number of rotatable bonds is 4. The van der Waals surface area contributed by atoms with Crippen molar-refractivity contribution >= 4 is 32.7 Å². The Hall–Kier alpha value is -6.90. The van der Waals surface area contributed by atoms with Gasteiger partial charge in [-0.25, -0.2) is 15.0 Å². The van der Waals surface area contributed by atoms with Crippen LogP contribution in [-0.4, -0.2) is 15.0 Å². The Kier molecular flexibility index (Phi) is 7.09. The second-order valence-electron chi connectivity index (χ2n) is 15.0. The van der Waals surface area contributed by atoms with Gasteiger partial charge in [0.05, 0.1) is 11.6 Å². The van der Waals surface area contributed by atoms with Crippen LogP contribution in [0.2, 0.25) is 0 Å². The van der Waals surface area contributed by atoms with Crippen molar-refractivity contribution in [1.29, 1.82) is 5.26 Å². The molecule has 0 aliphatic heterocycles. The maximum absolute atomic E-state index is 9.75. The smallest absolute Gasteiger partial charge is 0.164 e. The van der Waals surface area contributed by atoms with Crippen LogP contribution in [0, 0.1) is 11.3 Å². The number of aromatic nitrogens is 3. The Morgan fingerprint density at radius 2 is 1.07 bits per heavy atom. The van der Waals surface area contributed by atoms with Crippen LogP contribution in [0.4, 0.5) is 0 Å². The van der Waals surface area contributed by atoms with Crippen LogP contribution in [-0.2, 0) is 5.41 Å². The summed E-state index contributed by atoms with van der Waals surface area (Å²) < 4.78 is 6.26. The molecule has 11 rings (SSSR count). The molecule has 0 bridgehead atoms. The van der Waals surface area contributed by atoms with Crippen LogP contribution in [0.5, 0.6) is 0 Å². The minimum absolute atomic E-state index is 0.0302. The highest BCUT2D eigenvalue weighted by molar-refractivity contribution is 6.05. The minimum Gasteiger partial charge on any atom is -0.456 e. The van der Waals surface area contributed by atoms with Gasteiger partial charge in [-0.05, 0) is 99.5 Å². The molecular weight excluding hydrogens is 673 g/mol. The molecule has 0 saturated heterocycles. The standard InChI is InChI=1S/C50H34N4O/c51-30-31-12-21-39-40-22-19-36(28-44(40)50(43(39)26-31)24-6-1-7-25-50)33-13-16-34(17-14-33)47-52-48(37-18-15-32-8-2-3-9-35(32)27-37)54-49(53-47)38-20-23-42-41-10-4-5-11-45(41)55-46(42)29-38/h2-5,8-23,26-29H,1,6-7,24-25H2. The molecule has 5 heteroatoms. The van der Waals surface area contributed by atoms with E-state index in [1.165, 1.54) is 52.5 Å². The largest absolute Gasteiger partial charge is 0.456 e. The third-order valence-corrected chi connectivity index (χ3v) is 12.0. The summed E-state index contributed by atoms with van der Waals surface area (Å²) in [5.41, 5.74) is 12.8. The van der Waals surface area contributed by atoms with Gasteiger partial charge in [-0.1, -0.05) is 122 Å². The number of para-hydroxylation sites is 1. The first kappa shape index (κ1) is 31.6. The average molecular weight is 707 g/mol. The summed E-state index contributed by atoms with van der Waals surface area (Å²) in [6.45, 7) is 0. The maximum atomic E-state index is 9.75. The highest BCUT2D eigenvalue weighted by Gasteiger charge is 2.44. The summed E-state index contributed by atoms with van der Waals surface area (Å²) >= 11 is 0. The van der Waals surface area contributed by atoms with Gasteiger partial charge in [0, 0.05) is 32.9 Å².